The Morgan fingerprint density at radius 2 is 1.79 bits per heavy atom. The molecule has 0 aliphatic heterocycles. The van der Waals surface area contributed by atoms with E-state index >= 15 is 0 Å². The Hall–Kier alpha value is -3.33. The zero-order valence-corrected chi connectivity index (χ0v) is 13.0. The molecule has 2 N–H and O–H groups in total. The zero-order valence-electron chi connectivity index (χ0n) is 13.0. The second-order valence-electron chi connectivity index (χ2n) is 5.11. The number of phenols is 1. The number of phenolic OH excluding ortho intramolecular Hbond substituents is 1. The van der Waals surface area contributed by atoms with Crippen LogP contribution in [-0.2, 0) is 16.0 Å². The molecule has 1 amide bonds. The minimum atomic E-state index is -0.859. The van der Waals surface area contributed by atoms with Gasteiger partial charge < -0.3 is 15.2 Å². The number of benzene rings is 2. The fraction of sp³-hybridized carbons (Fsp3) is 0.167. The van der Waals surface area contributed by atoms with Gasteiger partial charge in [-0.15, -0.1) is 0 Å². The van der Waals surface area contributed by atoms with Crippen molar-refractivity contribution in [2.45, 2.75) is 12.5 Å². The number of nitrogens with one attached hydrogen (secondary N) is 1. The number of aromatic hydroxyl groups is 1. The summed E-state index contributed by atoms with van der Waals surface area (Å²) in [5.41, 5.74) is 1.55. The third-order valence-electron chi connectivity index (χ3n) is 3.44. The number of amides is 1. The zero-order chi connectivity index (χ0) is 17.5. The smallest absolute Gasteiger partial charge is 0.328 e. The van der Waals surface area contributed by atoms with Crippen LogP contribution in [0, 0.1) is 11.3 Å². The normalized spacial score (nSPS) is 11.2. The molecule has 6 heteroatoms. The molecule has 0 spiro atoms. The van der Waals surface area contributed by atoms with Crippen LogP contribution >= 0.6 is 0 Å². The molecule has 0 unspecified atom stereocenters. The Morgan fingerprint density at radius 3 is 2.33 bits per heavy atom. The standard InChI is InChI=1S/C18H16N2O4/c1-24-18(23)16(10-12-4-8-15(21)9-5-12)20-17(22)14-6-2-13(11-19)3-7-14/h2-9,16,21H,10H2,1H3,(H,20,22)/t16-/m0/s1. The molecule has 24 heavy (non-hydrogen) atoms. The highest BCUT2D eigenvalue weighted by Crippen LogP contribution is 2.12. The summed E-state index contributed by atoms with van der Waals surface area (Å²) < 4.78 is 4.74. The van der Waals surface area contributed by atoms with E-state index in [1.54, 1.807) is 12.1 Å². The van der Waals surface area contributed by atoms with Crippen molar-refractivity contribution in [3.05, 3.63) is 65.2 Å². The summed E-state index contributed by atoms with van der Waals surface area (Å²) in [5.74, 6) is -0.881. The molecule has 0 aliphatic carbocycles. The van der Waals surface area contributed by atoms with Crippen LogP contribution in [0.5, 0.6) is 5.75 Å². The molecule has 0 saturated heterocycles. The van der Waals surface area contributed by atoms with Crippen LogP contribution in [0.1, 0.15) is 21.5 Å². The summed E-state index contributed by atoms with van der Waals surface area (Å²) in [6, 6.07) is 13.6. The highest BCUT2D eigenvalue weighted by Gasteiger charge is 2.22. The second-order valence-corrected chi connectivity index (χ2v) is 5.11. The summed E-state index contributed by atoms with van der Waals surface area (Å²) in [6.07, 6.45) is 0.231. The molecular weight excluding hydrogens is 308 g/mol. The minimum Gasteiger partial charge on any atom is -0.508 e. The number of hydrogen-bond acceptors (Lipinski definition) is 5. The van der Waals surface area contributed by atoms with Gasteiger partial charge in [0.1, 0.15) is 11.8 Å². The van der Waals surface area contributed by atoms with Gasteiger partial charge in [-0.05, 0) is 42.0 Å². The fourth-order valence-corrected chi connectivity index (χ4v) is 2.14. The van der Waals surface area contributed by atoms with Crippen molar-refractivity contribution in [2.24, 2.45) is 0 Å². The summed E-state index contributed by atoms with van der Waals surface area (Å²) in [5, 5.41) is 20.7. The number of nitriles is 1. The first-order chi connectivity index (χ1) is 11.5. The van der Waals surface area contributed by atoms with Gasteiger partial charge in [-0.25, -0.2) is 4.79 Å². The van der Waals surface area contributed by atoms with Crippen LogP contribution in [0.2, 0.25) is 0 Å². The molecule has 0 radical (unpaired) electrons. The Balaban J connectivity index is 2.12. The van der Waals surface area contributed by atoms with E-state index in [0.717, 1.165) is 5.56 Å². The topological polar surface area (TPSA) is 99.4 Å². The van der Waals surface area contributed by atoms with Gasteiger partial charge in [-0.3, -0.25) is 4.79 Å². The number of esters is 1. The number of nitrogens with zero attached hydrogens (tertiary/aromatic N) is 1. The van der Waals surface area contributed by atoms with E-state index in [0.29, 0.717) is 11.1 Å². The van der Waals surface area contributed by atoms with E-state index in [-0.39, 0.29) is 12.2 Å². The quantitative estimate of drug-likeness (QED) is 0.817. The Morgan fingerprint density at radius 1 is 1.17 bits per heavy atom. The van der Waals surface area contributed by atoms with Gasteiger partial charge in [-0.2, -0.15) is 5.26 Å². The van der Waals surface area contributed by atoms with E-state index in [4.69, 9.17) is 10.00 Å². The van der Waals surface area contributed by atoms with Crippen molar-refractivity contribution in [2.75, 3.05) is 7.11 Å². The number of hydrogen-bond donors (Lipinski definition) is 2. The average molecular weight is 324 g/mol. The predicted octanol–water partition coefficient (Wildman–Crippen LogP) is 1.78. The SMILES string of the molecule is COC(=O)[C@H](Cc1ccc(O)cc1)NC(=O)c1ccc(C#N)cc1. The second kappa shape index (κ2) is 7.79. The lowest BCUT2D eigenvalue weighted by molar-refractivity contribution is -0.142. The van der Waals surface area contributed by atoms with Crippen molar-refractivity contribution in [3.8, 4) is 11.8 Å². The third-order valence-corrected chi connectivity index (χ3v) is 3.44. The first kappa shape index (κ1) is 17.0. The van der Waals surface area contributed by atoms with Crippen LogP contribution in [0.3, 0.4) is 0 Å². The summed E-state index contributed by atoms with van der Waals surface area (Å²) in [7, 11) is 1.25. The van der Waals surface area contributed by atoms with Gasteiger partial charge >= 0.3 is 5.97 Å². The average Bonchev–Trinajstić information content (AvgIpc) is 2.62. The van der Waals surface area contributed by atoms with Crippen molar-refractivity contribution in [1.82, 2.24) is 5.32 Å². The predicted molar refractivity (Wildman–Crippen MR) is 86.2 cm³/mol. The highest BCUT2D eigenvalue weighted by molar-refractivity contribution is 5.96. The van der Waals surface area contributed by atoms with E-state index in [1.165, 1.54) is 43.5 Å². The van der Waals surface area contributed by atoms with Gasteiger partial charge in [0.25, 0.3) is 5.91 Å². The number of carbonyl (C=O) groups is 2. The van der Waals surface area contributed by atoms with E-state index in [1.807, 2.05) is 6.07 Å². The van der Waals surface area contributed by atoms with Gasteiger partial charge in [0, 0.05) is 12.0 Å². The molecule has 0 fully saturated rings. The molecule has 2 aromatic rings. The first-order valence-corrected chi connectivity index (χ1v) is 7.20. The monoisotopic (exact) mass is 324 g/mol. The molecule has 2 rings (SSSR count). The van der Waals surface area contributed by atoms with E-state index < -0.39 is 17.9 Å². The third kappa shape index (κ3) is 4.34. The Kier molecular flexibility index (Phi) is 5.53. The Labute approximate surface area is 139 Å². The maximum absolute atomic E-state index is 12.3. The molecule has 0 aliphatic rings. The van der Waals surface area contributed by atoms with Crippen molar-refractivity contribution in [1.29, 1.82) is 5.26 Å². The number of carbonyl (C=O) groups excluding carboxylic acids is 2. The molecule has 122 valence electrons. The molecule has 0 aromatic heterocycles. The maximum Gasteiger partial charge on any atom is 0.328 e. The van der Waals surface area contributed by atoms with Gasteiger partial charge in [0.05, 0.1) is 18.7 Å². The van der Waals surface area contributed by atoms with Crippen LogP contribution in [0.15, 0.2) is 48.5 Å². The fourth-order valence-electron chi connectivity index (χ4n) is 2.14. The largest absolute Gasteiger partial charge is 0.508 e. The lowest BCUT2D eigenvalue weighted by atomic mass is 10.0. The lowest BCUT2D eigenvalue weighted by Crippen LogP contribution is -2.43. The first-order valence-electron chi connectivity index (χ1n) is 7.20. The molecule has 0 bridgehead atoms. The molecular formula is C18H16N2O4. The summed E-state index contributed by atoms with van der Waals surface area (Å²) in [6.45, 7) is 0. The van der Waals surface area contributed by atoms with Crippen LogP contribution < -0.4 is 5.32 Å². The number of methoxy groups -OCH3 is 1. The molecule has 2 aromatic carbocycles. The van der Waals surface area contributed by atoms with E-state index in [9.17, 15) is 14.7 Å². The summed E-state index contributed by atoms with van der Waals surface area (Å²) in [4.78, 5) is 24.2. The van der Waals surface area contributed by atoms with Crippen molar-refractivity contribution >= 4 is 11.9 Å². The lowest BCUT2D eigenvalue weighted by Gasteiger charge is -2.16. The molecule has 0 saturated carbocycles. The molecule has 6 nitrogen and oxygen atoms in total. The highest BCUT2D eigenvalue weighted by atomic mass is 16.5. The van der Waals surface area contributed by atoms with Gasteiger partial charge in [0.2, 0.25) is 0 Å². The van der Waals surface area contributed by atoms with Crippen LogP contribution in [-0.4, -0.2) is 30.1 Å². The number of rotatable bonds is 5. The molecule has 1 atom stereocenters. The van der Waals surface area contributed by atoms with Crippen molar-refractivity contribution in [3.63, 3.8) is 0 Å². The Bertz CT molecular complexity index is 761. The molecule has 0 heterocycles. The minimum absolute atomic E-state index is 0.120. The van der Waals surface area contributed by atoms with Crippen molar-refractivity contribution < 1.29 is 19.4 Å². The summed E-state index contributed by atoms with van der Waals surface area (Å²) >= 11 is 0. The van der Waals surface area contributed by atoms with E-state index in [2.05, 4.69) is 5.32 Å². The van der Waals surface area contributed by atoms with Crippen LogP contribution in [0.25, 0.3) is 0 Å². The number of ether oxygens (including phenoxy) is 1. The van der Waals surface area contributed by atoms with Gasteiger partial charge in [-0.1, -0.05) is 12.1 Å². The maximum atomic E-state index is 12.3. The van der Waals surface area contributed by atoms with Gasteiger partial charge in [0.15, 0.2) is 0 Å². The van der Waals surface area contributed by atoms with Crippen LogP contribution in [0.4, 0.5) is 0 Å².